The predicted octanol–water partition coefficient (Wildman–Crippen LogP) is 1.52. The molecular formula is C15H24N4S. The van der Waals surface area contributed by atoms with E-state index in [1.165, 1.54) is 23.4 Å². The summed E-state index contributed by atoms with van der Waals surface area (Å²) in [4.78, 5) is 12.0. The van der Waals surface area contributed by atoms with Crippen molar-refractivity contribution < 1.29 is 0 Å². The third-order valence-electron chi connectivity index (χ3n) is 4.46. The number of hydrogen-bond donors (Lipinski definition) is 1. The lowest BCUT2D eigenvalue weighted by atomic mass is 9.87. The second-order valence-electron chi connectivity index (χ2n) is 5.94. The van der Waals surface area contributed by atoms with Gasteiger partial charge in [-0.15, -0.1) is 0 Å². The van der Waals surface area contributed by atoms with E-state index in [0.29, 0.717) is 6.04 Å². The maximum Gasteiger partial charge on any atom is 0.146 e. The van der Waals surface area contributed by atoms with Crippen molar-refractivity contribution in [3.05, 3.63) is 23.3 Å². The maximum atomic E-state index is 4.90. The normalized spacial score (nSPS) is 27.3. The Kier molecular flexibility index (Phi) is 4.58. The first-order valence-corrected chi connectivity index (χ1v) is 8.70. The Labute approximate surface area is 125 Å². The molecule has 110 valence electrons. The molecule has 1 aromatic rings. The molecule has 1 fully saturated rings. The Hall–Kier alpha value is -0.650. The third kappa shape index (κ3) is 3.00. The molecule has 0 saturated carbocycles. The van der Waals surface area contributed by atoms with Crippen LogP contribution in [-0.4, -0.2) is 53.6 Å². The fourth-order valence-electron chi connectivity index (χ4n) is 3.18. The van der Waals surface area contributed by atoms with Crippen LogP contribution in [0.4, 0.5) is 0 Å². The van der Waals surface area contributed by atoms with E-state index in [4.69, 9.17) is 4.98 Å². The minimum absolute atomic E-state index is 0.397. The van der Waals surface area contributed by atoms with Gasteiger partial charge in [0.1, 0.15) is 5.82 Å². The van der Waals surface area contributed by atoms with Crippen LogP contribution in [0.25, 0.3) is 0 Å². The van der Waals surface area contributed by atoms with E-state index in [1.54, 1.807) is 0 Å². The highest BCUT2D eigenvalue weighted by Gasteiger charge is 2.26. The highest BCUT2D eigenvalue weighted by Crippen LogP contribution is 2.28. The van der Waals surface area contributed by atoms with Crippen molar-refractivity contribution in [2.45, 2.75) is 25.3 Å². The van der Waals surface area contributed by atoms with Crippen molar-refractivity contribution in [1.29, 1.82) is 0 Å². The second-order valence-corrected chi connectivity index (χ2v) is 7.09. The van der Waals surface area contributed by atoms with Gasteiger partial charge in [-0.1, -0.05) is 0 Å². The number of fused-ring (bicyclic) bond motifs is 1. The van der Waals surface area contributed by atoms with E-state index < -0.39 is 0 Å². The van der Waals surface area contributed by atoms with Gasteiger partial charge in [0.2, 0.25) is 0 Å². The van der Waals surface area contributed by atoms with E-state index in [9.17, 15) is 0 Å². The molecule has 2 unspecified atom stereocenters. The summed E-state index contributed by atoms with van der Waals surface area (Å²) in [6, 6.07) is 0.397. The van der Waals surface area contributed by atoms with Crippen LogP contribution < -0.4 is 5.32 Å². The number of hydrogen-bond acceptors (Lipinski definition) is 5. The number of aromatic nitrogens is 2. The van der Waals surface area contributed by atoms with Gasteiger partial charge >= 0.3 is 0 Å². The quantitative estimate of drug-likeness (QED) is 0.915. The van der Waals surface area contributed by atoms with Gasteiger partial charge in [-0.05, 0) is 51.4 Å². The lowest BCUT2D eigenvalue weighted by Crippen LogP contribution is -2.34. The molecule has 5 heteroatoms. The summed E-state index contributed by atoms with van der Waals surface area (Å²) in [7, 11) is 4.22. The van der Waals surface area contributed by atoms with Gasteiger partial charge in [0.25, 0.3) is 0 Å². The van der Waals surface area contributed by atoms with E-state index >= 15 is 0 Å². The topological polar surface area (TPSA) is 41.1 Å². The minimum atomic E-state index is 0.397. The molecule has 2 atom stereocenters. The zero-order valence-electron chi connectivity index (χ0n) is 12.4. The molecule has 0 aromatic carbocycles. The summed E-state index contributed by atoms with van der Waals surface area (Å²) in [6.45, 7) is 2.24. The SMILES string of the molecule is CNCC1CCc2nc(C3CSCCN3C)ncc2C1. The van der Waals surface area contributed by atoms with Crippen molar-refractivity contribution >= 4 is 11.8 Å². The number of nitrogens with zero attached hydrogens (tertiary/aromatic N) is 3. The molecule has 3 rings (SSSR count). The molecule has 4 nitrogen and oxygen atoms in total. The van der Waals surface area contributed by atoms with Crippen molar-refractivity contribution in [2.24, 2.45) is 5.92 Å². The summed E-state index contributed by atoms with van der Waals surface area (Å²) in [5, 5.41) is 3.29. The van der Waals surface area contributed by atoms with Crippen LogP contribution in [0.5, 0.6) is 0 Å². The Morgan fingerprint density at radius 1 is 1.50 bits per heavy atom. The van der Waals surface area contributed by atoms with Crippen LogP contribution in [-0.2, 0) is 12.8 Å². The number of thioether (sulfide) groups is 1. The Morgan fingerprint density at radius 3 is 3.20 bits per heavy atom. The molecule has 1 N–H and O–H groups in total. The van der Waals surface area contributed by atoms with Gasteiger partial charge < -0.3 is 5.32 Å². The van der Waals surface area contributed by atoms with E-state index in [1.807, 2.05) is 18.8 Å². The van der Waals surface area contributed by atoms with Crippen molar-refractivity contribution in [1.82, 2.24) is 20.2 Å². The van der Waals surface area contributed by atoms with Crippen LogP contribution in [0.1, 0.15) is 29.5 Å². The zero-order valence-corrected chi connectivity index (χ0v) is 13.2. The molecule has 1 aromatic heterocycles. The van der Waals surface area contributed by atoms with Crippen LogP contribution in [0.15, 0.2) is 6.20 Å². The molecule has 0 amide bonds. The van der Waals surface area contributed by atoms with Gasteiger partial charge in [0.05, 0.1) is 6.04 Å². The predicted molar refractivity (Wildman–Crippen MR) is 84.2 cm³/mol. The molecule has 1 aliphatic carbocycles. The van der Waals surface area contributed by atoms with Crippen LogP contribution >= 0.6 is 11.8 Å². The van der Waals surface area contributed by atoms with Crippen LogP contribution in [0.2, 0.25) is 0 Å². The van der Waals surface area contributed by atoms with Gasteiger partial charge in [0.15, 0.2) is 0 Å². The van der Waals surface area contributed by atoms with E-state index in [2.05, 4.69) is 28.4 Å². The third-order valence-corrected chi connectivity index (χ3v) is 5.48. The molecule has 1 saturated heterocycles. The molecule has 0 spiro atoms. The molecule has 1 aliphatic heterocycles. The molecule has 2 aliphatic rings. The summed E-state index contributed by atoms with van der Waals surface area (Å²) >= 11 is 2.02. The first kappa shape index (κ1) is 14.3. The number of aryl methyl sites for hydroxylation is 1. The number of rotatable bonds is 3. The monoisotopic (exact) mass is 292 g/mol. The standard InChI is InChI=1S/C15H24N4S/c1-16-8-11-3-4-13-12(7-11)9-17-15(18-13)14-10-20-6-5-19(14)2/h9,11,14,16H,3-8,10H2,1-2H3. The summed E-state index contributed by atoms with van der Waals surface area (Å²) < 4.78 is 0. The highest BCUT2D eigenvalue weighted by molar-refractivity contribution is 7.99. The Bertz CT molecular complexity index is 465. The van der Waals surface area contributed by atoms with E-state index in [-0.39, 0.29) is 0 Å². The number of nitrogens with one attached hydrogen (secondary N) is 1. The molecule has 20 heavy (non-hydrogen) atoms. The highest BCUT2D eigenvalue weighted by atomic mass is 32.2. The second kappa shape index (κ2) is 6.41. The molecular weight excluding hydrogens is 268 g/mol. The fourth-order valence-corrected chi connectivity index (χ4v) is 4.39. The minimum Gasteiger partial charge on any atom is -0.319 e. The van der Waals surface area contributed by atoms with Crippen LogP contribution in [0.3, 0.4) is 0 Å². The maximum absolute atomic E-state index is 4.90. The Morgan fingerprint density at radius 2 is 2.40 bits per heavy atom. The Balaban J connectivity index is 1.76. The summed E-state index contributed by atoms with van der Waals surface area (Å²) in [5.74, 6) is 4.13. The average molecular weight is 292 g/mol. The summed E-state index contributed by atoms with van der Waals surface area (Å²) in [6.07, 6.45) is 5.58. The van der Waals surface area contributed by atoms with Gasteiger partial charge in [0, 0.05) is 29.9 Å². The fraction of sp³-hybridized carbons (Fsp3) is 0.733. The van der Waals surface area contributed by atoms with Crippen molar-refractivity contribution in [3.8, 4) is 0 Å². The average Bonchev–Trinajstić information content (AvgIpc) is 2.48. The van der Waals surface area contributed by atoms with Gasteiger partial charge in [-0.3, -0.25) is 4.90 Å². The lowest BCUT2D eigenvalue weighted by Gasteiger charge is -2.31. The van der Waals surface area contributed by atoms with Gasteiger partial charge in [-0.2, -0.15) is 11.8 Å². The van der Waals surface area contributed by atoms with Crippen molar-refractivity contribution in [2.75, 3.05) is 38.7 Å². The first-order valence-electron chi connectivity index (χ1n) is 7.55. The molecule has 0 radical (unpaired) electrons. The molecule has 0 bridgehead atoms. The first-order chi connectivity index (χ1) is 9.78. The largest absolute Gasteiger partial charge is 0.319 e. The lowest BCUT2D eigenvalue weighted by molar-refractivity contribution is 0.263. The van der Waals surface area contributed by atoms with Crippen LogP contribution in [0, 0.1) is 5.92 Å². The van der Waals surface area contributed by atoms with Crippen molar-refractivity contribution in [3.63, 3.8) is 0 Å². The summed E-state index contributed by atoms with van der Waals surface area (Å²) in [5.41, 5.74) is 2.66. The smallest absolute Gasteiger partial charge is 0.146 e. The van der Waals surface area contributed by atoms with E-state index in [0.717, 1.165) is 43.4 Å². The molecule has 2 heterocycles. The zero-order chi connectivity index (χ0) is 13.9. The van der Waals surface area contributed by atoms with Gasteiger partial charge in [-0.25, -0.2) is 9.97 Å².